The Bertz CT molecular complexity index is 490. The van der Waals surface area contributed by atoms with Crippen molar-refractivity contribution in [2.45, 2.75) is 39.2 Å². The Balaban J connectivity index is 2.30. The van der Waals surface area contributed by atoms with Crippen molar-refractivity contribution in [3.05, 3.63) is 40.2 Å². The van der Waals surface area contributed by atoms with Crippen molar-refractivity contribution in [3.8, 4) is 11.3 Å². The standard InChI is InChI=1S/C15H20N2S/c1-3-12(16)10-14-17-15(13(4-2)18-14)11-8-6-5-7-9-11/h5-9,12H,3-4,10,16H2,1-2H3. The SMILES string of the molecule is CCc1sc(CC(N)CC)nc1-c1ccccc1. The third-order valence-electron chi connectivity index (χ3n) is 3.07. The number of aryl methyl sites for hydroxylation is 1. The van der Waals surface area contributed by atoms with E-state index < -0.39 is 0 Å². The fraction of sp³-hybridized carbons (Fsp3) is 0.400. The van der Waals surface area contributed by atoms with Crippen molar-refractivity contribution in [2.75, 3.05) is 0 Å². The third kappa shape index (κ3) is 2.98. The minimum atomic E-state index is 0.226. The molecule has 96 valence electrons. The average molecular weight is 260 g/mol. The Labute approximate surface area is 113 Å². The second kappa shape index (κ2) is 6.12. The van der Waals surface area contributed by atoms with Crippen molar-refractivity contribution in [2.24, 2.45) is 5.73 Å². The van der Waals surface area contributed by atoms with E-state index in [1.807, 2.05) is 6.07 Å². The average Bonchev–Trinajstić information content (AvgIpc) is 2.82. The highest BCUT2D eigenvalue weighted by Gasteiger charge is 2.13. The third-order valence-corrected chi connectivity index (χ3v) is 4.29. The molecule has 0 fully saturated rings. The van der Waals surface area contributed by atoms with E-state index >= 15 is 0 Å². The van der Waals surface area contributed by atoms with Crippen LogP contribution in [0, 0.1) is 0 Å². The van der Waals surface area contributed by atoms with Gasteiger partial charge in [-0.05, 0) is 12.8 Å². The highest BCUT2D eigenvalue weighted by atomic mass is 32.1. The number of hydrogen-bond acceptors (Lipinski definition) is 3. The van der Waals surface area contributed by atoms with Gasteiger partial charge in [0.05, 0.1) is 10.7 Å². The van der Waals surface area contributed by atoms with E-state index in [2.05, 4.69) is 38.1 Å². The van der Waals surface area contributed by atoms with Crippen molar-refractivity contribution >= 4 is 11.3 Å². The largest absolute Gasteiger partial charge is 0.327 e. The molecule has 0 saturated carbocycles. The summed E-state index contributed by atoms with van der Waals surface area (Å²) in [5.74, 6) is 0. The number of benzene rings is 1. The molecule has 2 rings (SSSR count). The Kier molecular flexibility index (Phi) is 4.50. The zero-order valence-electron chi connectivity index (χ0n) is 11.0. The van der Waals surface area contributed by atoms with Gasteiger partial charge in [-0.15, -0.1) is 11.3 Å². The van der Waals surface area contributed by atoms with Crippen molar-refractivity contribution in [1.82, 2.24) is 4.98 Å². The summed E-state index contributed by atoms with van der Waals surface area (Å²) >= 11 is 1.81. The summed E-state index contributed by atoms with van der Waals surface area (Å²) in [6.07, 6.45) is 2.92. The summed E-state index contributed by atoms with van der Waals surface area (Å²) in [6, 6.07) is 10.6. The number of thiazole rings is 1. The number of hydrogen-bond donors (Lipinski definition) is 1. The highest BCUT2D eigenvalue weighted by molar-refractivity contribution is 7.12. The first-order valence-corrected chi connectivity index (χ1v) is 7.35. The maximum Gasteiger partial charge on any atom is 0.0950 e. The normalized spacial score (nSPS) is 12.6. The molecule has 1 unspecified atom stereocenters. The van der Waals surface area contributed by atoms with Gasteiger partial charge in [-0.1, -0.05) is 44.2 Å². The minimum Gasteiger partial charge on any atom is -0.327 e. The monoisotopic (exact) mass is 260 g/mol. The summed E-state index contributed by atoms with van der Waals surface area (Å²) in [4.78, 5) is 6.14. The predicted molar refractivity (Wildman–Crippen MR) is 78.9 cm³/mol. The van der Waals surface area contributed by atoms with Crippen LogP contribution in [0.15, 0.2) is 30.3 Å². The highest BCUT2D eigenvalue weighted by Crippen LogP contribution is 2.29. The molecule has 1 aromatic heterocycles. The molecule has 3 heteroatoms. The lowest BCUT2D eigenvalue weighted by Crippen LogP contribution is -2.21. The molecule has 2 nitrogen and oxygen atoms in total. The molecular weight excluding hydrogens is 240 g/mol. The Morgan fingerprint density at radius 3 is 2.56 bits per heavy atom. The molecule has 0 spiro atoms. The molecule has 0 aliphatic heterocycles. The van der Waals surface area contributed by atoms with Gasteiger partial charge in [0.2, 0.25) is 0 Å². The molecule has 0 aliphatic carbocycles. The van der Waals surface area contributed by atoms with Gasteiger partial charge in [0.15, 0.2) is 0 Å². The van der Waals surface area contributed by atoms with Gasteiger partial charge >= 0.3 is 0 Å². The van der Waals surface area contributed by atoms with E-state index in [1.165, 1.54) is 15.4 Å². The second-order valence-electron chi connectivity index (χ2n) is 4.47. The summed E-state index contributed by atoms with van der Waals surface area (Å²) in [5.41, 5.74) is 8.36. The van der Waals surface area contributed by atoms with E-state index in [-0.39, 0.29) is 6.04 Å². The number of aromatic nitrogens is 1. The summed E-state index contributed by atoms with van der Waals surface area (Å²) < 4.78 is 0. The zero-order valence-corrected chi connectivity index (χ0v) is 11.8. The molecule has 2 aromatic rings. The van der Waals surface area contributed by atoms with Gasteiger partial charge in [0, 0.05) is 22.9 Å². The Morgan fingerprint density at radius 2 is 1.94 bits per heavy atom. The van der Waals surface area contributed by atoms with E-state index in [0.29, 0.717) is 0 Å². The topological polar surface area (TPSA) is 38.9 Å². The van der Waals surface area contributed by atoms with Crippen LogP contribution >= 0.6 is 11.3 Å². The maximum atomic E-state index is 6.01. The van der Waals surface area contributed by atoms with Crippen LogP contribution in [0.1, 0.15) is 30.2 Å². The molecule has 0 saturated heterocycles. The maximum absolute atomic E-state index is 6.01. The van der Waals surface area contributed by atoms with Gasteiger partial charge < -0.3 is 5.73 Å². The van der Waals surface area contributed by atoms with E-state index in [0.717, 1.165) is 25.0 Å². The first-order valence-electron chi connectivity index (χ1n) is 6.54. The molecule has 2 N–H and O–H groups in total. The molecule has 0 bridgehead atoms. The Hall–Kier alpha value is -1.19. The molecular formula is C15H20N2S. The summed E-state index contributed by atoms with van der Waals surface area (Å²) in [5, 5.41) is 1.17. The van der Waals surface area contributed by atoms with Crippen molar-refractivity contribution in [3.63, 3.8) is 0 Å². The molecule has 18 heavy (non-hydrogen) atoms. The predicted octanol–water partition coefficient (Wildman–Crippen LogP) is 3.65. The van der Waals surface area contributed by atoms with Crippen LogP contribution in [-0.2, 0) is 12.8 Å². The molecule has 1 aromatic carbocycles. The van der Waals surface area contributed by atoms with Crippen LogP contribution in [0.4, 0.5) is 0 Å². The first kappa shape index (κ1) is 13.2. The van der Waals surface area contributed by atoms with Gasteiger partial charge in [-0.2, -0.15) is 0 Å². The van der Waals surface area contributed by atoms with Crippen LogP contribution in [0.2, 0.25) is 0 Å². The second-order valence-corrected chi connectivity index (χ2v) is 5.64. The minimum absolute atomic E-state index is 0.226. The lowest BCUT2D eigenvalue weighted by atomic mass is 10.1. The number of nitrogens with two attached hydrogens (primary N) is 1. The smallest absolute Gasteiger partial charge is 0.0950 e. The van der Waals surface area contributed by atoms with Crippen molar-refractivity contribution < 1.29 is 0 Å². The van der Waals surface area contributed by atoms with Crippen LogP contribution in [0.5, 0.6) is 0 Å². The van der Waals surface area contributed by atoms with Crippen LogP contribution in [-0.4, -0.2) is 11.0 Å². The lowest BCUT2D eigenvalue weighted by molar-refractivity contribution is 0.644. The van der Waals surface area contributed by atoms with Gasteiger partial charge in [-0.3, -0.25) is 0 Å². The molecule has 1 atom stereocenters. The lowest BCUT2D eigenvalue weighted by Gasteiger charge is -2.04. The van der Waals surface area contributed by atoms with E-state index in [4.69, 9.17) is 10.7 Å². The van der Waals surface area contributed by atoms with E-state index in [1.54, 1.807) is 11.3 Å². The van der Waals surface area contributed by atoms with Gasteiger partial charge in [-0.25, -0.2) is 4.98 Å². The zero-order chi connectivity index (χ0) is 13.0. The van der Waals surface area contributed by atoms with Crippen LogP contribution in [0.25, 0.3) is 11.3 Å². The molecule has 1 heterocycles. The van der Waals surface area contributed by atoms with Gasteiger partial charge in [0.25, 0.3) is 0 Å². The van der Waals surface area contributed by atoms with E-state index in [9.17, 15) is 0 Å². The Morgan fingerprint density at radius 1 is 1.22 bits per heavy atom. The van der Waals surface area contributed by atoms with Crippen LogP contribution in [0.3, 0.4) is 0 Å². The first-order chi connectivity index (χ1) is 8.74. The summed E-state index contributed by atoms with van der Waals surface area (Å²) in [7, 11) is 0. The van der Waals surface area contributed by atoms with Crippen LogP contribution < -0.4 is 5.73 Å². The number of nitrogens with zero attached hydrogens (tertiary/aromatic N) is 1. The fourth-order valence-electron chi connectivity index (χ4n) is 1.92. The quantitative estimate of drug-likeness (QED) is 0.891. The summed E-state index contributed by atoms with van der Waals surface area (Å²) in [6.45, 7) is 4.31. The fourth-order valence-corrected chi connectivity index (χ4v) is 3.04. The number of rotatable bonds is 5. The molecule has 0 amide bonds. The van der Waals surface area contributed by atoms with Gasteiger partial charge in [0.1, 0.15) is 0 Å². The van der Waals surface area contributed by atoms with Crippen molar-refractivity contribution in [1.29, 1.82) is 0 Å². The molecule has 0 radical (unpaired) electrons. The molecule has 0 aliphatic rings.